The van der Waals surface area contributed by atoms with Crippen LogP contribution in [0.15, 0.2) is 18.2 Å². The fourth-order valence-electron chi connectivity index (χ4n) is 2.83. The second-order valence-corrected chi connectivity index (χ2v) is 6.22. The zero-order chi connectivity index (χ0) is 13.8. The quantitative estimate of drug-likeness (QED) is 0.887. The van der Waals surface area contributed by atoms with E-state index in [9.17, 15) is 0 Å². The fourth-order valence-corrected chi connectivity index (χ4v) is 3.34. The van der Waals surface area contributed by atoms with Crippen LogP contribution in [0.2, 0.25) is 10.0 Å². The lowest BCUT2D eigenvalue weighted by atomic mass is 9.78. The van der Waals surface area contributed by atoms with Crippen molar-refractivity contribution < 1.29 is 4.74 Å². The molecule has 3 unspecified atom stereocenters. The van der Waals surface area contributed by atoms with E-state index in [1.807, 2.05) is 12.1 Å². The molecule has 3 atom stereocenters. The summed E-state index contributed by atoms with van der Waals surface area (Å²) >= 11 is 12.0. The summed E-state index contributed by atoms with van der Waals surface area (Å²) < 4.78 is 6.10. The van der Waals surface area contributed by atoms with Crippen molar-refractivity contribution >= 4 is 23.2 Å². The number of nitrogens with two attached hydrogens (primary N) is 1. The third-order valence-electron chi connectivity index (χ3n) is 4.04. The fraction of sp³-hybridized carbons (Fsp3) is 0.600. The molecular formula is C15H21Cl2NO. The molecule has 19 heavy (non-hydrogen) atoms. The summed E-state index contributed by atoms with van der Waals surface area (Å²) in [4.78, 5) is 0. The molecule has 0 bridgehead atoms. The number of benzene rings is 1. The van der Waals surface area contributed by atoms with Crippen LogP contribution in [-0.4, -0.2) is 12.6 Å². The van der Waals surface area contributed by atoms with Gasteiger partial charge in [0, 0.05) is 16.0 Å². The lowest BCUT2D eigenvalue weighted by Gasteiger charge is -2.35. The summed E-state index contributed by atoms with van der Waals surface area (Å²) in [5, 5.41) is 1.21. The van der Waals surface area contributed by atoms with Crippen LogP contribution in [0.1, 0.15) is 32.6 Å². The summed E-state index contributed by atoms with van der Waals surface area (Å²) in [6.07, 6.45) is 4.86. The molecule has 2 rings (SSSR count). The largest absolute Gasteiger partial charge is 0.490 e. The van der Waals surface area contributed by atoms with Crippen molar-refractivity contribution in [2.24, 2.45) is 17.6 Å². The van der Waals surface area contributed by atoms with Crippen molar-refractivity contribution in [2.45, 2.75) is 38.7 Å². The van der Waals surface area contributed by atoms with E-state index in [0.717, 1.165) is 24.5 Å². The molecule has 0 spiro atoms. The molecule has 4 heteroatoms. The van der Waals surface area contributed by atoms with E-state index in [2.05, 4.69) is 6.92 Å². The summed E-state index contributed by atoms with van der Waals surface area (Å²) in [7, 11) is 0. The van der Waals surface area contributed by atoms with Gasteiger partial charge >= 0.3 is 0 Å². The minimum absolute atomic E-state index is 0.179. The summed E-state index contributed by atoms with van der Waals surface area (Å²) in [6.45, 7) is 2.91. The molecule has 1 fully saturated rings. The Kier molecular flexibility index (Phi) is 5.37. The van der Waals surface area contributed by atoms with Gasteiger partial charge in [0.2, 0.25) is 0 Å². The number of hydrogen-bond acceptors (Lipinski definition) is 2. The highest BCUT2D eigenvalue weighted by Crippen LogP contribution is 2.34. The van der Waals surface area contributed by atoms with Gasteiger partial charge in [-0.1, -0.05) is 36.5 Å². The van der Waals surface area contributed by atoms with E-state index in [-0.39, 0.29) is 6.10 Å². The number of rotatable bonds is 4. The normalized spacial score (nSPS) is 27.3. The van der Waals surface area contributed by atoms with Gasteiger partial charge in [0.25, 0.3) is 0 Å². The van der Waals surface area contributed by atoms with Crippen molar-refractivity contribution in [1.82, 2.24) is 0 Å². The third-order valence-corrected chi connectivity index (χ3v) is 4.48. The van der Waals surface area contributed by atoms with Gasteiger partial charge in [-0.15, -0.1) is 0 Å². The van der Waals surface area contributed by atoms with Gasteiger partial charge in [0.05, 0.1) is 0 Å². The summed E-state index contributed by atoms with van der Waals surface area (Å²) in [5.74, 6) is 1.92. The Balaban J connectivity index is 2.09. The van der Waals surface area contributed by atoms with Gasteiger partial charge in [-0.05, 0) is 49.9 Å². The molecule has 2 nitrogen and oxygen atoms in total. The molecule has 1 saturated carbocycles. The molecule has 0 aromatic heterocycles. The van der Waals surface area contributed by atoms with Crippen LogP contribution in [0, 0.1) is 11.8 Å². The lowest BCUT2D eigenvalue weighted by molar-refractivity contribution is 0.0684. The van der Waals surface area contributed by atoms with Crippen molar-refractivity contribution in [3.05, 3.63) is 28.2 Å². The van der Waals surface area contributed by atoms with Gasteiger partial charge in [0.1, 0.15) is 11.9 Å². The first-order valence-corrected chi connectivity index (χ1v) is 7.70. The van der Waals surface area contributed by atoms with Gasteiger partial charge < -0.3 is 10.5 Å². The highest BCUT2D eigenvalue weighted by molar-refractivity contribution is 6.34. The Labute approximate surface area is 125 Å². The Morgan fingerprint density at radius 1 is 1.21 bits per heavy atom. The minimum atomic E-state index is 0.179. The van der Waals surface area contributed by atoms with Gasteiger partial charge in [-0.2, -0.15) is 0 Å². The predicted molar refractivity (Wildman–Crippen MR) is 81.1 cm³/mol. The van der Waals surface area contributed by atoms with Crippen molar-refractivity contribution in [3.8, 4) is 5.75 Å². The molecule has 106 valence electrons. The number of halogens is 2. The zero-order valence-corrected chi connectivity index (χ0v) is 12.8. The number of hydrogen-bond donors (Lipinski definition) is 1. The Hall–Kier alpha value is -0.440. The first-order valence-electron chi connectivity index (χ1n) is 6.95. The van der Waals surface area contributed by atoms with E-state index in [0.29, 0.717) is 22.5 Å². The first-order chi connectivity index (χ1) is 9.12. The van der Waals surface area contributed by atoms with E-state index in [1.54, 1.807) is 6.07 Å². The smallest absolute Gasteiger partial charge is 0.122 e. The van der Waals surface area contributed by atoms with E-state index < -0.39 is 0 Å². The second kappa shape index (κ2) is 6.83. The average molecular weight is 302 g/mol. The molecule has 0 heterocycles. The van der Waals surface area contributed by atoms with E-state index in [1.165, 1.54) is 12.8 Å². The number of ether oxygens (including phenoxy) is 1. The zero-order valence-electron chi connectivity index (χ0n) is 11.2. The monoisotopic (exact) mass is 301 g/mol. The molecule has 1 aliphatic rings. The van der Waals surface area contributed by atoms with E-state index >= 15 is 0 Å². The molecule has 2 N–H and O–H groups in total. The Bertz CT molecular complexity index is 404. The Morgan fingerprint density at radius 2 is 1.89 bits per heavy atom. The van der Waals surface area contributed by atoms with Gasteiger partial charge in [0.15, 0.2) is 0 Å². The van der Waals surface area contributed by atoms with Crippen molar-refractivity contribution in [1.29, 1.82) is 0 Å². The highest BCUT2D eigenvalue weighted by atomic mass is 35.5. The van der Waals surface area contributed by atoms with Crippen LogP contribution in [0.25, 0.3) is 0 Å². The van der Waals surface area contributed by atoms with Crippen LogP contribution >= 0.6 is 23.2 Å². The van der Waals surface area contributed by atoms with Crippen molar-refractivity contribution in [2.75, 3.05) is 6.54 Å². The van der Waals surface area contributed by atoms with Crippen LogP contribution < -0.4 is 10.5 Å². The molecule has 0 aliphatic heterocycles. The molecule has 1 aliphatic carbocycles. The Morgan fingerprint density at radius 3 is 2.47 bits per heavy atom. The molecule has 1 aromatic rings. The summed E-state index contributed by atoms with van der Waals surface area (Å²) in [6, 6.07) is 5.35. The second-order valence-electron chi connectivity index (χ2n) is 5.34. The topological polar surface area (TPSA) is 35.2 Å². The molecular weight excluding hydrogens is 281 g/mol. The maximum Gasteiger partial charge on any atom is 0.122 e. The predicted octanol–water partition coefficient (Wildman–Crippen LogP) is 4.53. The average Bonchev–Trinajstić information content (AvgIpc) is 2.37. The summed E-state index contributed by atoms with van der Waals surface area (Å²) in [5.41, 5.74) is 5.86. The molecule has 1 aromatic carbocycles. The SMILES string of the molecule is CCC1CCC(CN)C(Oc2cc(Cl)cc(Cl)c2)C1. The van der Waals surface area contributed by atoms with Crippen LogP contribution in [0.4, 0.5) is 0 Å². The van der Waals surface area contributed by atoms with Crippen LogP contribution in [-0.2, 0) is 0 Å². The molecule has 0 radical (unpaired) electrons. The lowest BCUT2D eigenvalue weighted by Crippen LogP contribution is -2.38. The minimum Gasteiger partial charge on any atom is -0.490 e. The highest BCUT2D eigenvalue weighted by Gasteiger charge is 2.30. The third kappa shape index (κ3) is 4.01. The van der Waals surface area contributed by atoms with Gasteiger partial charge in [-0.3, -0.25) is 0 Å². The van der Waals surface area contributed by atoms with Crippen LogP contribution in [0.5, 0.6) is 5.75 Å². The molecule has 0 amide bonds. The van der Waals surface area contributed by atoms with Crippen LogP contribution in [0.3, 0.4) is 0 Å². The van der Waals surface area contributed by atoms with Gasteiger partial charge in [-0.25, -0.2) is 0 Å². The molecule has 0 saturated heterocycles. The van der Waals surface area contributed by atoms with Crippen molar-refractivity contribution in [3.63, 3.8) is 0 Å². The first kappa shape index (κ1) is 15.0. The standard InChI is InChI=1S/C15H21Cl2NO/c1-2-10-3-4-11(9-18)15(5-10)19-14-7-12(16)6-13(17)8-14/h6-8,10-11,15H,2-5,9,18H2,1H3. The maximum absolute atomic E-state index is 6.10. The van der Waals surface area contributed by atoms with E-state index in [4.69, 9.17) is 33.7 Å². The maximum atomic E-state index is 6.10.